The van der Waals surface area contributed by atoms with Crippen molar-refractivity contribution in [2.75, 3.05) is 26.2 Å². The van der Waals surface area contributed by atoms with Crippen molar-refractivity contribution in [1.82, 2.24) is 4.90 Å². The van der Waals surface area contributed by atoms with Gasteiger partial charge < -0.3 is 14.8 Å². The van der Waals surface area contributed by atoms with Gasteiger partial charge in [-0.1, -0.05) is 12.1 Å². The molecule has 3 saturated heterocycles. The van der Waals surface area contributed by atoms with E-state index in [1.165, 1.54) is 24.0 Å². The lowest BCUT2D eigenvalue weighted by atomic mass is 9.75. The van der Waals surface area contributed by atoms with Crippen LogP contribution in [-0.2, 0) is 6.42 Å². The van der Waals surface area contributed by atoms with Gasteiger partial charge in [0.1, 0.15) is 0 Å². The van der Waals surface area contributed by atoms with E-state index in [1.807, 2.05) is 12.1 Å². The molecular formula is C19H24N2O2. The zero-order valence-electron chi connectivity index (χ0n) is 13.5. The highest BCUT2D eigenvalue weighted by atomic mass is 16.5. The summed E-state index contributed by atoms with van der Waals surface area (Å²) in [5, 5.41) is 12.7. The van der Waals surface area contributed by atoms with Crippen molar-refractivity contribution in [2.24, 2.45) is 5.92 Å². The molecule has 4 aliphatic heterocycles. The minimum absolute atomic E-state index is 0.0670. The molecule has 1 amide bonds. The Balaban J connectivity index is 1.53. The zero-order valence-corrected chi connectivity index (χ0v) is 13.5. The summed E-state index contributed by atoms with van der Waals surface area (Å²) >= 11 is 0. The number of rotatable bonds is 1. The molecule has 1 aromatic rings. The molecule has 1 aliphatic carbocycles. The summed E-state index contributed by atoms with van der Waals surface area (Å²) in [6.45, 7) is 2.98. The maximum absolute atomic E-state index is 13.2. The molecule has 2 atom stereocenters. The minimum atomic E-state index is -0.0670. The van der Waals surface area contributed by atoms with Crippen LogP contribution in [-0.4, -0.2) is 47.7 Å². The number of hydrogen-bond acceptors (Lipinski definition) is 2. The third kappa shape index (κ3) is 2.01. The van der Waals surface area contributed by atoms with Crippen molar-refractivity contribution >= 4 is 5.91 Å². The van der Waals surface area contributed by atoms with E-state index in [0.717, 1.165) is 44.5 Å². The van der Waals surface area contributed by atoms with Crippen LogP contribution in [0.3, 0.4) is 0 Å². The molecule has 0 spiro atoms. The van der Waals surface area contributed by atoms with Gasteiger partial charge in [0, 0.05) is 30.9 Å². The monoisotopic (exact) mass is 312 g/mol. The van der Waals surface area contributed by atoms with Gasteiger partial charge in [0.2, 0.25) is 0 Å². The first-order chi connectivity index (χ1) is 11.1. The van der Waals surface area contributed by atoms with Crippen molar-refractivity contribution in [2.45, 2.75) is 44.1 Å². The van der Waals surface area contributed by atoms with Crippen LogP contribution in [0.4, 0.5) is 0 Å². The Morgan fingerprint density at radius 3 is 2.78 bits per heavy atom. The molecule has 6 rings (SSSR count). The fourth-order valence-corrected chi connectivity index (χ4v) is 5.60. The molecule has 4 heterocycles. The van der Waals surface area contributed by atoms with Crippen LogP contribution in [0.5, 0.6) is 0 Å². The molecule has 0 aromatic heterocycles. The largest absolute Gasteiger partial charge is 0.633 e. The van der Waals surface area contributed by atoms with Crippen molar-refractivity contribution in [3.63, 3.8) is 0 Å². The van der Waals surface area contributed by atoms with Gasteiger partial charge in [-0.25, -0.2) is 0 Å². The summed E-state index contributed by atoms with van der Waals surface area (Å²) in [5.74, 6) is 1.22. The molecule has 3 fully saturated rings. The van der Waals surface area contributed by atoms with Crippen LogP contribution in [0.25, 0.3) is 0 Å². The average Bonchev–Trinajstić information content (AvgIpc) is 2.58. The standard InChI is InChI=1S/C19H24N2O2/c22-19-16-6-2-4-14-3-1-5-15(18(14)16)11-20(19)17-12-21(23)9-7-13(17)8-10-21/h2,4,6,13,15,17H,1,3,5,7-12H2/t13?,15-,17+,21?/m0/s1. The first-order valence-electron chi connectivity index (χ1n) is 9.14. The second-order valence-electron chi connectivity index (χ2n) is 8.02. The quantitative estimate of drug-likeness (QED) is 0.591. The number of carbonyl (C=O) groups is 1. The van der Waals surface area contributed by atoms with Crippen molar-refractivity contribution in [3.8, 4) is 0 Å². The second-order valence-corrected chi connectivity index (χ2v) is 8.02. The number of aryl methyl sites for hydroxylation is 1. The van der Waals surface area contributed by atoms with Gasteiger partial charge in [-0.3, -0.25) is 4.79 Å². The summed E-state index contributed by atoms with van der Waals surface area (Å²) in [7, 11) is 0. The van der Waals surface area contributed by atoms with E-state index in [0.29, 0.717) is 18.4 Å². The summed E-state index contributed by atoms with van der Waals surface area (Å²) in [6.07, 6.45) is 5.51. The smallest absolute Gasteiger partial charge is 0.254 e. The maximum Gasteiger partial charge on any atom is 0.254 e. The predicted octanol–water partition coefficient (Wildman–Crippen LogP) is 2.67. The lowest BCUT2D eigenvalue weighted by molar-refractivity contribution is -0.899. The van der Waals surface area contributed by atoms with Crippen molar-refractivity contribution < 1.29 is 9.44 Å². The molecule has 0 unspecified atom stereocenters. The Morgan fingerprint density at radius 1 is 1.17 bits per heavy atom. The molecule has 4 nitrogen and oxygen atoms in total. The third-order valence-corrected chi connectivity index (χ3v) is 6.79. The topological polar surface area (TPSA) is 43.4 Å². The molecule has 0 radical (unpaired) electrons. The van der Waals surface area contributed by atoms with Crippen LogP contribution in [0.1, 0.15) is 53.1 Å². The molecule has 0 N–H and O–H groups in total. The normalized spacial score (nSPS) is 38.6. The fraction of sp³-hybridized carbons (Fsp3) is 0.632. The first kappa shape index (κ1) is 14.0. The molecule has 0 saturated carbocycles. The summed E-state index contributed by atoms with van der Waals surface area (Å²) in [6, 6.07) is 6.41. The van der Waals surface area contributed by atoms with Crippen LogP contribution in [0.15, 0.2) is 18.2 Å². The van der Waals surface area contributed by atoms with Gasteiger partial charge >= 0.3 is 0 Å². The van der Waals surface area contributed by atoms with Crippen molar-refractivity contribution in [1.29, 1.82) is 0 Å². The number of hydrogen-bond donors (Lipinski definition) is 0. The fourth-order valence-electron chi connectivity index (χ4n) is 5.60. The van der Waals surface area contributed by atoms with Gasteiger partial charge in [-0.15, -0.1) is 0 Å². The number of piperidine rings is 3. The van der Waals surface area contributed by atoms with Gasteiger partial charge in [0.25, 0.3) is 5.91 Å². The Morgan fingerprint density at radius 2 is 2.00 bits per heavy atom. The van der Waals surface area contributed by atoms with Gasteiger partial charge in [0.05, 0.1) is 25.7 Å². The Labute approximate surface area is 137 Å². The van der Waals surface area contributed by atoms with E-state index < -0.39 is 0 Å². The third-order valence-electron chi connectivity index (χ3n) is 6.79. The highest BCUT2D eigenvalue weighted by Crippen LogP contribution is 2.42. The molecular weight excluding hydrogens is 288 g/mol. The molecule has 1 aromatic carbocycles. The lowest BCUT2D eigenvalue weighted by Crippen LogP contribution is -2.66. The van der Waals surface area contributed by atoms with E-state index in [-0.39, 0.29) is 16.6 Å². The molecule has 23 heavy (non-hydrogen) atoms. The van der Waals surface area contributed by atoms with Gasteiger partial charge in [-0.05, 0) is 42.4 Å². The van der Waals surface area contributed by atoms with E-state index >= 15 is 0 Å². The van der Waals surface area contributed by atoms with Crippen LogP contribution < -0.4 is 0 Å². The molecule has 4 heteroatoms. The number of benzene rings is 1. The van der Waals surface area contributed by atoms with Crippen LogP contribution in [0.2, 0.25) is 0 Å². The number of hydroxylamine groups is 3. The highest BCUT2D eigenvalue weighted by molar-refractivity contribution is 5.97. The van der Waals surface area contributed by atoms with E-state index in [1.54, 1.807) is 0 Å². The predicted molar refractivity (Wildman–Crippen MR) is 87.9 cm³/mol. The molecule has 122 valence electrons. The second kappa shape index (κ2) is 4.81. The van der Waals surface area contributed by atoms with Crippen LogP contribution >= 0.6 is 0 Å². The highest BCUT2D eigenvalue weighted by Gasteiger charge is 2.47. The van der Waals surface area contributed by atoms with E-state index in [9.17, 15) is 10.0 Å². The van der Waals surface area contributed by atoms with Gasteiger partial charge in [0.15, 0.2) is 0 Å². The van der Waals surface area contributed by atoms with Gasteiger partial charge in [-0.2, -0.15) is 0 Å². The van der Waals surface area contributed by atoms with Crippen molar-refractivity contribution in [3.05, 3.63) is 40.1 Å². The molecule has 2 bridgehead atoms. The lowest BCUT2D eigenvalue weighted by Gasteiger charge is -2.58. The number of nitrogens with zero attached hydrogens (tertiary/aromatic N) is 2. The Kier molecular flexibility index (Phi) is 2.92. The average molecular weight is 312 g/mol. The summed E-state index contributed by atoms with van der Waals surface area (Å²) in [5.41, 5.74) is 3.63. The first-order valence-corrected chi connectivity index (χ1v) is 9.14. The SMILES string of the molecule is O=C1c2cccc3c2[C@@H](CCC3)CN1[C@@H]1C[N+]2([O-])CCC1CC2. The zero-order chi connectivity index (χ0) is 15.6. The maximum atomic E-state index is 13.2. The minimum Gasteiger partial charge on any atom is -0.633 e. The number of fused-ring (bicyclic) bond motifs is 3. The van der Waals surface area contributed by atoms with E-state index in [2.05, 4.69) is 11.0 Å². The number of quaternary nitrogens is 1. The van der Waals surface area contributed by atoms with Crippen LogP contribution in [0, 0.1) is 11.1 Å². The number of amides is 1. The Hall–Kier alpha value is -1.39. The number of carbonyl (C=O) groups excluding carboxylic acids is 1. The molecule has 5 aliphatic rings. The summed E-state index contributed by atoms with van der Waals surface area (Å²) in [4.78, 5) is 15.2. The summed E-state index contributed by atoms with van der Waals surface area (Å²) < 4.78 is -0.0670. The van der Waals surface area contributed by atoms with E-state index in [4.69, 9.17) is 0 Å². The Bertz CT molecular complexity index is 663.